The fourth-order valence-corrected chi connectivity index (χ4v) is 1.24. The normalized spacial score (nSPS) is 9.71. The number of nitrogens with one attached hydrogen (secondary N) is 1. The summed E-state index contributed by atoms with van der Waals surface area (Å²) in [6, 6.07) is 9.70. The number of hydrogen-bond donors (Lipinski definition) is 1. The van der Waals surface area contributed by atoms with E-state index >= 15 is 0 Å². The molecule has 0 amide bonds. The van der Waals surface area contributed by atoms with E-state index in [2.05, 4.69) is 15.2 Å². The van der Waals surface area contributed by atoms with Gasteiger partial charge in [0.1, 0.15) is 0 Å². The van der Waals surface area contributed by atoms with Gasteiger partial charge < -0.3 is 0 Å². The second-order valence-corrected chi connectivity index (χ2v) is 3.11. The van der Waals surface area contributed by atoms with E-state index in [1.807, 2.05) is 31.2 Å². The molecule has 68 valence electrons. The minimum absolute atomic E-state index is 0.292. The molecular formula is C10H9N4+. The van der Waals surface area contributed by atoms with Gasteiger partial charge in [-0.1, -0.05) is 29.8 Å². The van der Waals surface area contributed by atoms with Gasteiger partial charge in [-0.15, -0.1) is 0 Å². The Morgan fingerprint density at radius 1 is 1.29 bits per heavy atom. The lowest BCUT2D eigenvalue weighted by atomic mass is 10.1. The highest BCUT2D eigenvalue weighted by atomic mass is 15.2. The molecule has 2 aromatic rings. The number of nitrogens with zero attached hydrogens (tertiary/aromatic N) is 3. The quantitative estimate of drug-likeness (QED) is 0.694. The van der Waals surface area contributed by atoms with Crippen molar-refractivity contribution in [3.63, 3.8) is 0 Å². The molecule has 1 aromatic carbocycles. The molecule has 0 unspecified atom stereocenters. The van der Waals surface area contributed by atoms with E-state index in [-0.39, 0.29) is 0 Å². The van der Waals surface area contributed by atoms with Crippen LogP contribution in [-0.2, 0) is 0 Å². The minimum Gasteiger partial charge on any atom is -0.184 e. The molecule has 0 aliphatic rings. The van der Waals surface area contributed by atoms with Crippen LogP contribution in [0.1, 0.15) is 5.56 Å². The Kier molecular flexibility index (Phi) is 1.99. The van der Waals surface area contributed by atoms with Crippen LogP contribution in [0, 0.1) is 12.3 Å². The van der Waals surface area contributed by atoms with Gasteiger partial charge in [-0.05, 0) is 6.92 Å². The fraction of sp³-hybridized carbons (Fsp3) is 0.100. The predicted octanol–water partition coefficient (Wildman–Crippen LogP) is 2.87. The minimum atomic E-state index is 0.292. The first-order valence-electron chi connectivity index (χ1n) is 4.27. The molecule has 0 saturated carbocycles. The van der Waals surface area contributed by atoms with Crippen LogP contribution < -0.4 is 0 Å². The summed E-state index contributed by atoms with van der Waals surface area (Å²) in [4.78, 5) is 2.99. The van der Waals surface area contributed by atoms with E-state index in [4.69, 9.17) is 5.39 Å². The molecule has 0 radical (unpaired) electrons. The van der Waals surface area contributed by atoms with Gasteiger partial charge in [0, 0.05) is 10.5 Å². The third-order valence-corrected chi connectivity index (χ3v) is 2.03. The molecule has 0 atom stereocenters. The van der Waals surface area contributed by atoms with E-state index < -0.39 is 0 Å². The highest BCUT2D eigenvalue weighted by Gasteiger charge is 2.11. The van der Waals surface area contributed by atoms with Gasteiger partial charge in [0.05, 0.1) is 22.3 Å². The van der Waals surface area contributed by atoms with E-state index in [9.17, 15) is 0 Å². The maximum Gasteiger partial charge on any atom is 0.488 e. The highest BCUT2D eigenvalue weighted by molar-refractivity contribution is 5.62. The van der Waals surface area contributed by atoms with Crippen molar-refractivity contribution in [2.45, 2.75) is 6.92 Å². The monoisotopic (exact) mass is 185 g/mol. The zero-order valence-electron chi connectivity index (χ0n) is 7.73. The molecule has 0 spiro atoms. The van der Waals surface area contributed by atoms with Gasteiger partial charge in [0.2, 0.25) is 0 Å². The molecule has 14 heavy (non-hydrogen) atoms. The topological polar surface area (TPSA) is 56.8 Å². The molecule has 1 aromatic heterocycles. The molecule has 0 aliphatic heterocycles. The van der Waals surface area contributed by atoms with E-state index in [1.165, 1.54) is 5.56 Å². The zero-order chi connectivity index (χ0) is 9.97. The SMILES string of the molecule is Cc1ccc(-c2cc([N+]#N)n[nH]2)cc1. The van der Waals surface area contributed by atoms with Crippen LogP contribution in [0.4, 0.5) is 5.82 Å². The number of benzene rings is 1. The highest BCUT2D eigenvalue weighted by Crippen LogP contribution is 2.20. The Bertz CT molecular complexity index is 476. The Labute approximate surface area is 81.2 Å². The molecule has 2 rings (SSSR count). The van der Waals surface area contributed by atoms with Crippen LogP contribution in [0.5, 0.6) is 0 Å². The number of rotatable bonds is 1. The first-order chi connectivity index (χ1) is 6.79. The average molecular weight is 185 g/mol. The van der Waals surface area contributed by atoms with Gasteiger partial charge in [-0.2, -0.15) is 5.10 Å². The summed E-state index contributed by atoms with van der Waals surface area (Å²) in [7, 11) is 0. The first-order valence-corrected chi connectivity index (χ1v) is 4.27. The standard InChI is InChI=1S/C10H9N4/c1-7-2-4-8(5-3-7)9-6-10(12-11)14-13-9/h2-6H,1H3,(H,13,14)/q+1. The van der Waals surface area contributed by atoms with Crippen LogP contribution in [0.25, 0.3) is 16.2 Å². The third kappa shape index (κ3) is 1.48. The lowest BCUT2D eigenvalue weighted by Crippen LogP contribution is -1.77. The Hall–Kier alpha value is -2.15. The third-order valence-electron chi connectivity index (χ3n) is 2.03. The van der Waals surface area contributed by atoms with Gasteiger partial charge in [-0.25, -0.2) is 0 Å². The molecule has 0 bridgehead atoms. The summed E-state index contributed by atoms with van der Waals surface area (Å²) in [6.07, 6.45) is 0. The Morgan fingerprint density at radius 2 is 2.00 bits per heavy atom. The average Bonchev–Trinajstić information content (AvgIpc) is 2.67. The summed E-state index contributed by atoms with van der Waals surface area (Å²) in [5.74, 6) is 0.292. The molecule has 0 fully saturated rings. The molecule has 4 nitrogen and oxygen atoms in total. The summed E-state index contributed by atoms with van der Waals surface area (Å²) >= 11 is 0. The number of H-pyrrole nitrogens is 1. The van der Waals surface area contributed by atoms with E-state index in [1.54, 1.807) is 6.07 Å². The lowest BCUT2D eigenvalue weighted by Gasteiger charge is -1.95. The summed E-state index contributed by atoms with van der Waals surface area (Å²) in [5, 5.41) is 15.1. The Morgan fingerprint density at radius 3 is 2.57 bits per heavy atom. The van der Waals surface area contributed by atoms with Crippen molar-refractivity contribution in [2.75, 3.05) is 0 Å². The number of aryl methyl sites for hydroxylation is 1. The van der Waals surface area contributed by atoms with Gasteiger partial charge >= 0.3 is 5.82 Å². The predicted molar refractivity (Wildman–Crippen MR) is 53.5 cm³/mol. The van der Waals surface area contributed by atoms with Crippen LogP contribution in [0.15, 0.2) is 30.3 Å². The summed E-state index contributed by atoms with van der Waals surface area (Å²) < 4.78 is 0. The molecule has 0 saturated heterocycles. The summed E-state index contributed by atoms with van der Waals surface area (Å²) in [6.45, 7) is 2.03. The number of aromatic nitrogens is 2. The van der Waals surface area contributed by atoms with Crippen molar-refractivity contribution in [1.29, 1.82) is 5.39 Å². The smallest absolute Gasteiger partial charge is 0.184 e. The van der Waals surface area contributed by atoms with Crippen LogP contribution in [0.2, 0.25) is 0 Å². The first kappa shape index (κ1) is 8.45. The second kappa shape index (κ2) is 3.30. The fourth-order valence-electron chi connectivity index (χ4n) is 1.24. The van der Waals surface area contributed by atoms with Crippen LogP contribution in [-0.4, -0.2) is 10.2 Å². The summed E-state index contributed by atoms with van der Waals surface area (Å²) in [5.41, 5.74) is 3.08. The van der Waals surface area contributed by atoms with Gasteiger partial charge in [0.25, 0.3) is 0 Å². The molecule has 4 heteroatoms. The molecule has 1 heterocycles. The van der Waals surface area contributed by atoms with Crippen molar-refractivity contribution in [1.82, 2.24) is 10.2 Å². The second-order valence-electron chi connectivity index (χ2n) is 3.11. The lowest BCUT2D eigenvalue weighted by molar-refractivity contribution is 1.10. The largest absolute Gasteiger partial charge is 0.488 e. The van der Waals surface area contributed by atoms with Crippen molar-refractivity contribution in [2.24, 2.45) is 0 Å². The number of hydrogen-bond acceptors (Lipinski definition) is 2. The van der Waals surface area contributed by atoms with E-state index in [0.29, 0.717) is 5.82 Å². The molecule has 0 aliphatic carbocycles. The number of diazo groups is 1. The van der Waals surface area contributed by atoms with Gasteiger partial charge in [-0.3, -0.25) is 0 Å². The maximum absolute atomic E-state index is 8.48. The van der Waals surface area contributed by atoms with Crippen molar-refractivity contribution in [3.8, 4) is 11.3 Å². The van der Waals surface area contributed by atoms with Crippen molar-refractivity contribution >= 4 is 5.82 Å². The maximum atomic E-state index is 8.48. The van der Waals surface area contributed by atoms with Crippen LogP contribution >= 0.6 is 0 Å². The number of aromatic amines is 1. The molecule has 1 N–H and O–H groups in total. The van der Waals surface area contributed by atoms with E-state index in [0.717, 1.165) is 11.3 Å². The van der Waals surface area contributed by atoms with Crippen molar-refractivity contribution < 1.29 is 0 Å². The molecular weight excluding hydrogens is 176 g/mol. The van der Waals surface area contributed by atoms with Crippen molar-refractivity contribution in [3.05, 3.63) is 40.9 Å². The van der Waals surface area contributed by atoms with Crippen LogP contribution in [0.3, 0.4) is 0 Å². The van der Waals surface area contributed by atoms with Gasteiger partial charge in [0.15, 0.2) is 0 Å². The Balaban J connectivity index is 2.40. The zero-order valence-corrected chi connectivity index (χ0v) is 7.73.